The zero-order valence-corrected chi connectivity index (χ0v) is 32.8. The maximum atomic E-state index is 15.7. The van der Waals surface area contributed by atoms with Gasteiger partial charge in [0.15, 0.2) is 11.6 Å². The number of rotatable bonds is 14. The van der Waals surface area contributed by atoms with Crippen LogP contribution in [0.5, 0.6) is 5.75 Å². The van der Waals surface area contributed by atoms with Gasteiger partial charge in [-0.15, -0.1) is 0 Å². The highest BCUT2D eigenvalue weighted by Crippen LogP contribution is 2.51. The van der Waals surface area contributed by atoms with Crippen LogP contribution in [0.2, 0.25) is 5.02 Å². The van der Waals surface area contributed by atoms with Crippen LogP contribution in [0.4, 0.5) is 4.39 Å². The van der Waals surface area contributed by atoms with Gasteiger partial charge < -0.3 is 15.0 Å². The van der Waals surface area contributed by atoms with Crippen molar-refractivity contribution in [2.24, 2.45) is 29.1 Å². The van der Waals surface area contributed by atoms with Gasteiger partial charge in [0.25, 0.3) is 0 Å². The van der Waals surface area contributed by atoms with Gasteiger partial charge >= 0.3 is 0 Å². The summed E-state index contributed by atoms with van der Waals surface area (Å²) < 4.78 is 49.2. The van der Waals surface area contributed by atoms with Crippen molar-refractivity contribution < 1.29 is 22.3 Å². The van der Waals surface area contributed by atoms with Crippen molar-refractivity contribution in [3.63, 3.8) is 0 Å². The highest BCUT2D eigenvalue weighted by Gasteiger charge is 2.50. The molecule has 2 aliphatic carbocycles. The Labute approximate surface area is 305 Å². The van der Waals surface area contributed by atoms with Gasteiger partial charge in [0.2, 0.25) is 15.9 Å². The molecule has 1 aliphatic heterocycles. The second kappa shape index (κ2) is 15.8. The number of halogens is 2. The molecule has 2 bridgehead atoms. The van der Waals surface area contributed by atoms with Gasteiger partial charge in [-0.25, -0.2) is 12.8 Å². The van der Waals surface area contributed by atoms with E-state index in [-0.39, 0.29) is 48.0 Å². The number of hydrogen-bond acceptors (Lipinski definition) is 6. The van der Waals surface area contributed by atoms with E-state index in [1.807, 2.05) is 38.4 Å². The lowest BCUT2D eigenvalue weighted by Gasteiger charge is -2.38. The minimum Gasteiger partial charge on any atom is -0.494 e. The molecule has 11 heteroatoms. The third-order valence-electron chi connectivity index (χ3n) is 11.1. The van der Waals surface area contributed by atoms with Crippen LogP contribution in [-0.2, 0) is 34.5 Å². The number of sulfonamides is 1. The molecule has 278 valence electrons. The first-order valence-electron chi connectivity index (χ1n) is 18.2. The van der Waals surface area contributed by atoms with Crippen LogP contribution < -0.4 is 10.1 Å². The minimum absolute atomic E-state index is 0.00439. The minimum atomic E-state index is -3.60. The van der Waals surface area contributed by atoms with E-state index < -0.39 is 21.9 Å². The zero-order valence-electron chi connectivity index (χ0n) is 31.2. The molecule has 3 aliphatic rings. The number of carbonyl (C=O) groups is 1. The molecular weight excluding hydrogens is 675 g/mol. The molecule has 6 atom stereocenters. The number of likely N-dealkylation sites (N-methyl/N-ethyl adjacent to an activating group) is 1. The Morgan fingerprint density at radius 1 is 1.08 bits per heavy atom. The largest absolute Gasteiger partial charge is 0.494 e. The third kappa shape index (κ3) is 9.03. The Morgan fingerprint density at radius 3 is 2.44 bits per heavy atom. The maximum absolute atomic E-state index is 15.7. The third-order valence-corrected chi connectivity index (χ3v) is 13.3. The van der Waals surface area contributed by atoms with Gasteiger partial charge in [0.1, 0.15) is 6.04 Å². The van der Waals surface area contributed by atoms with Crippen LogP contribution in [-0.4, -0.2) is 80.1 Å². The van der Waals surface area contributed by atoms with Gasteiger partial charge in [-0.1, -0.05) is 70.5 Å². The van der Waals surface area contributed by atoms with E-state index in [1.54, 1.807) is 12.1 Å². The monoisotopic (exact) mass is 732 g/mol. The summed E-state index contributed by atoms with van der Waals surface area (Å²) in [4.78, 5) is 18.2. The molecule has 1 heterocycles. The predicted molar refractivity (Wildman–Crippen MR) is 199 cm³/mol. The normalized spacial score (nSPS) is 25.6. The Hall–Kier alpha value is -2.24. The molecule has 1 saturated heterocycles. The highest BCUT2D eigenvalue weighted by molar-refractivity contribution is 7.89. The molecular formula is C39H58ClFN4O4S. The molecule has 2 aromatic carbocycles. The van der Waals surface area contributed by atoms with Crippen LogP contribution in [0.3, 0.4) is 0 Å². The van der Waals surface area contributed by atoms with Crippen molar-refractivity contribution in [1.29, 1.82) is 0 Å². The van der Waals surface area contributed by atoms with E-state index in [4.69, 9.17) is 16.3 Å². The number of fused-ring (bicyclic) bond motifs is 2. The molecule has 1 amide bonds. The summed E-state index contributed by atoms with van der Waals surface area (Å²) in [6.07, 6.45) is 4.67. The highest BCUT2D eigenvalue weighted by atomic mass is 35.5. The fraction of sp³-hybridized carbons (Fsp3) is 0.667. The number of hydrogen-bond donors (Lipinski definition) is 1. The quantitative estimate of drug-likeness (QED) is 0.227. The van der Waals surface area contributed by atoms with Crippen molar-refractivity contribution in [2.45, 2.75) is 104 Å². The topological polar surface area (TPSA) is 82.2 Å². The molecule has 1 unspecified atom stereocenters. The standard InChI is InChI=1S/C39H58ClFN4O4S/c1-25(2)35-28-12-13-29(19-28)37(35)42-38(46)33-16-17-50(47,48)45(33)22-27-11-9-10-26(18-27)21-44(30(23-43(6)7)20-39(3,4)5)24-31-32(40)14-15-34(49-8)36(31)41/h9-11,14-15,18,25,28-30,33,35,37H,12-13,16-17,19-24H2,1-8H3,(H,42,46)/t28-,29-,30+,33?,35+,37+/m1/s1. The first kappa shape index (κ1) is 39.0. The van der Waals surface area contributed by atoms with Crippen LogP contribution in [0.25, 0.3) is 0 Å². The molecule has 5 rings (SSSR count). The molecule has 8 nitrogen and oxygen atoms in total. The lowest BCUT2D eigenvalue weighted by atomic mass is 9.77. The smallest absolute Gasteiger partial charge is 0.238 e. The average Bonchev–Trinajstić information content (AvgIpc) is 3.71. The Morgan fingerprint density at radius 2 is 1.78 bits per heavy atom. The Kier molecular flexibility index (Phi) is 12.3. The SMILES string of the molecule is COc1ccc(Cl)c(CN(Cc2cccc(CN3C(C(=O)N[C@H]4[C@@H]5CC[C@H](C5)[C@@H]4C(C)C)CCS3(=O)=O)c2)[C@H](CN(C)C)CC(C)(C)C)c1F. The van der Waals surface area contributed by atoms with E-state index in [2.05, 4.69) is 49.7 Å². The summed E-state index contributed by atoms with van der Waals surface area (Å²) in [6, 6.07) is 10.6. The van der Waals surface area contributed by atoms with E-state index in [0.717, 1.165) is 36.9 Å². The first-order chi connectivity index (χ1) is 23.5. The molecule has 0 radical (unpaired) electrons. The van der Waals surface area contributed by atoms with Gasteiger partial charge in [-0.3, -0.25) is 9.69 Å². The number of nitrogens with one attached hydrogen (secondary N) is 1. The molecule has 2 aromatic rings. The fourth-order valence-corrected chi connectivity index (χ4v) is 10.9. The van der Waals surface area contributed by atoms with Gasteiger partial charge in [0, 0.05) is 48.8 Å². The van der Waals surface area contributed by atoms with Crippen molar-refractivity contribution in [3.05, 3.63) is 63.9 Å². The van der Waals surface area contributed by atoms with Crippen LogP contribution in [0.1, 0.15) is 83.4 Å². The van der Waals surface area contributed by atoms with E-state index in [0.29, 0.717) is 47.2 Å². The van der Waals surface area contributed by atoms with E-state index in [9.17, 15) is 13.2 Å². The molecule has 2 saturated carbocycles. The van der Waals surface area contributed by atoms with Crippen LogP contribution in [0, 0.1) is 34.9 Å². The number of ether oxygens (including phenoxy) is 1. The predicted octanol–water partition coefficient (Wildman–Crippen LogP) is 6.95. The number of amides is 1. The van der Waals surface area contributed by atoms with Crippen molar-refractivity contribution in [3.8, 4) is 5.75 Å². The maximum Gasteiger partial charge on any atom is 0.238 e. The number of benzene rings is 2. The number of methoxy groups -OCH3 is 1. The van der Waals surface area contributed by atoms with E-state index >= 15 is 4.39 Å². The molecule has 50 heavy (non-hydrogen) atoms. The molecule has 3 fully saturated rings. The lowest BCUT2D eigenvalue weighted by molar-refractivity contribution is -0.126. The Bertz CT molecular complexity index is 1610. The van der Waals surface area contributed by atoms with Crippen molar-refractivity contribution >= 4 is 27.5 Å². The van der Waals surface area contributed by atoms with E-state index in [1.165, 1.54) is 17.8 Å². The van der Waals surface area contributed by atoms with Gasteiger partial charge in [-0.2, -0.15) is 4.31 Å². The van der Waals surface area contributed by atoms with Gasteiger partial charge in [0.05, 0.1) is 12.9 Å². The summed E-state index contributed by atoms with van der Waals surface area (Å²) in [6.45, 7) is 12.7. The van der Waals surface area contributed by atoms with Gasteiger partial charge in [-0.05, 0) is 98.5 Å². The summed E-state index contributed by atoms with van der Waals surface area (Å²) in [5, 5.41) is 3.70. The first-order valence-corrected chi connectivity index (χ1v) is 20.2. The molecule has 1 N–H and O–H groups in total. The summed E-state index contributed by atoms with van der Waals surface area (Å²) >= 11 is 6.60. The average molecular weight is 733 g/mol. The number of carbonyl (C=O) groups excluding carboxylic acids is 1. The molecule has 0 spiro atoms. The second-order valence-corrected chi connectivity index (χ2v) is 19.3. The number of nitrogens with zero attached hydrogens (tertiary/aromatic N) is 3. The summed E-state index contributed by atoms with van der Waals surface area (Å²) in [5.74, 6) is 1.53. The van der Waals surface area contributed by atoms with Crippen LogP contribution >= 0.6 is 11.6 Å². The Balaban J connectivity index is 1.39. The fourth-order valence-electron chi connectivity index (χ4n) is 9.03. The van der Waals surface area contributed by atoms with Crippen molar-refractivity contribution in [1.82, 2.24) is 19.4 Å². The zero-order chi connectivity index (χ0) is 36.5. The summed E-state index contributed by atoms with van der Waals surface area (Å²) in [7, 11) is 1.92. The summed E-state index contributed by atoms with van der Waals surface area (Å²) in [5.41, 5.74) is 2.17. The second-order valence-electron chi connectivity index (χ2n) is 16.8. The van der Waals surface area contributed by atoms with Crippen molar-refractivity contribution in [2.75, 3.05) is 33.5 Å². The van der Waals surface area contributed by atoms with Crippen LogP contribution in [0.15, 0.2) is 36.4 Å². The lowest BCUT2D eigenvalue weighted by Crippen LogP contribution is -2.52. The molecule has 0 aromatic heterocycles.